The number of hydrogen-bond acceptors (Lipinski definition) is 4. The normalized spacial score (nSPS) is 20.8. The van der Waals surface area contributed by atoms with Crippen molar-refractivity contribution >= 4 is 17.7 Å². The number of ether oxygens (including phenoxy) is 1. The fourth-order valence-corrected chi connectivity index (χ4v) is 4.01. The molecule has 0 aliphatic carbocycles. The maximum atomic E-state index is 13.3. The van der Waals surface area contributed by atoms with Crippen molar-refractivity contribution in [2.45, 2.75) is 32.7 Å². The zero-order valence-corrected chi connectivity index (χ0v) is 16.2. The summed E-state index contributed by atoms with van der Waals surface area (Å²) in [7, 11) is 0. The summed E-state index contributed by atoms with van der Waals surface area (Å²) >= 11 is 0. The van der Waals surface area contributed by atoms with Crippen LogP contribution in [-0.2, 0) is 10.3 Å². The van der Waals surface area contributed by atoms with Crippen LogP contribution in [0.15, 0.2) is 36.4 Å². The lowest BCUT2D eigenvalue weighted by atomic mass is 9.84. The van der Waals surface area contributed by atoms with Crippen molar-refractivity contribution in [1.29, 1.82) is 0 Å². The third kappa shape index (κ3) is 2.68. The van der Waals surface area contributed by atoms with Gasteiger partial charge in [-0.2, -0.15) is 0 Å². The number of fused-ring (bicyclic) bond motifs is 2. The lowest BCUT2D eigenvalue weighted by Gasteiger charge is -2.33. The van der Waals surface area contributed by atoms with E-state index in [2.05, 4.69) is 5.32 Å². The van der Waals surface area contributed by atoms with E-state index in [4.69, 9.17) is 4.74 Å². The molecule has 2 aromatic carbocycles. The van der Waals surface area contributed by atoms with Crippen LogP contribution >= 0.6 is 0 Å². The molecule has 0 bridgehead atoms. The van der Waals surface area contributed by atoms with Gasteiger partial charge in [0.1, 0.15) is 5.75 Å². The molecular formula is C22H22N2O4. The molecule has 28 heavy (non-hydrogen) atoms. The summed E-state index contributed by atoms with van der Waals surface area (Å²) in [6.45, 7) is 5.83. The Morgan fingerprint density at radius 1 is 1.11 bits per heavy atom. The first-order valence-electron chi connectivity index (χ1n) is 9.31. The third-order valence-electron chi connectivity index (χ3n) is 5.70. The Bertz CT molecular complexity index is 1010. The molecule has 1 saturated heterocycles. The highest BCUT2D eigenvalue weighted by Crippen LogP contribution is 2.41. The predicted octanol–water partition coefficient (Wildman–Crippen LogP) is 3.02. The van der Waals surface area contributed by atoms with Gasteiger partial charge in [-0.3, -0.25) is 14.5 Å². The number of urea groups is 1. The predicted molar refractivity (Wildman–Crippen MR) is 103 cm³/mol. The molecule has 1 spiro atoms. The molecule has 2 heterocycles. The number of Topliss-reactive ketones (excluding diaryl/α,β-unsaturated/α-hetero) is 1. The molecule has 144 valence electrons. The van der Waals surface area contributed by atoms with Crippen LogP contribution in [0.25, 0.3) is 0 Å². The van der Waals surface area contributed by atoms with Crippen LogP contribution in [0, 0.1) is 20.8 Å². The Hall–Kier alpha value is -3.15. The number of amides is 3. The molecule has 2 aliphatic rings. The van der Waals surface area contributed by atoms with Crippen molar-refractivity contribution in [2.75, 3.05) is 13.2 Å². The number of benzene rings is 2. The average molecular weight is 378 g/mol. The summed E-state index contributed by atoms with van der Waals surface area (Å²) < 4.78 is 5.63. The van der Waals surface area contributed by atoms with Gasteiger partial charge in [0.25, 0.3) is 5.91 Å². The Morgan fingerprint density at radius 2 is 1.82 bits per heavy atom. The van der Waals surface area contributed by atoms with Gasteiger partial charge in [0, 0.05) is 17.5 Å². The Kier molecular flexibility index (Phi) is 4.22. The first kappa shape index (κ1) is 18.2. The second-order valence-corrected chi connectivity index (χ2v) is 7.50. The van der Waals surface area contributed by atoms with E-state index in [0.29, 0.717) is 29.9 Å². The molecule has 1 N–H and O–H groups in total. The van der Waals surface area contributed by atoms with Gasteiger partial charge in [0.15, 0.2) is 11.3 Å². The van der Waals surface area contributed by atoms with E-state index in [-0.39, 0.29) is 12.3 Å². The lowest BCUT2D eigenvalue weighted by Crippen LogP contribution is -2.47. The van der Waals surface area contributed by atoms with Gasteiger partial charge < -0.3 is 10.1 Å². The van der Waals surface area contributed by atoms with Crippen LogP contribution in [0.1, 0.15) is 39.0 Å². The van der Waals surface area contributed by atoms with Crippen molar-refractivity contribution in [3.8, 4) is 5.75 Å². The molecule has 4 rings (SSSR count). The summed E-state index contributed by atoms with van der Waals surface area (Å²) in [4.78, 5) is 39.8. The zero-order valence-electron chi connectivity index (χ0n) is 16.2. The van der Waals surface area contributed by atoms with E-state index in [1.54, 1.807) is 18.2 Å². The van der Waals surface area contributed by atoms with E-state index < -0.39 is 17.5 Å². The van der Waals surface area contributed by atoms with Crippen LogP contribution in [0.4, 0.5) is 4.79 Å². The van der Waals surface area contributed by atoms with Crippen LogP contribution in [-0.4, -0.2) is 35.8 Å². The second kappa shape index (κ2) is 6.48. The van der Waals surface area contributed by atoms with Crippen LogP contribution in [0.2, 0.25) is 0 Å². The minimum atomic E-state index is -1.16. The first-order valence-corrected chi connectivity index (χ1v) is 9.31. The van der Waals surface area contributed by atoms with Crippen molar-refractivity contribution in [2.24, 2.45) is 0 Å². The number of hydrogen-bond donors (Lipinski definition) is 1. The van der Waals surface area contributed by atoms with E-state index in [9.17, 15) is 14.4 Å². The maximum Gasteiger partial charge on any atom is 0.325 e. The molecule has 1 fully saturated rings. The van der Waals surface area contributed by atoms with E-state index >= 15 is 0 Å². The molecule has 0 saturated carbocycles. The molecule has 1 unspecified atom stereocenters. The lowest BCUT2D eigenvalue weighted by molar-refractivity contribution is -0.132. The number of carbonyl (C=O) groups is 3. The van der Waals surface area contributed by atoms with Crippen LogP contribution < -0.4 is 10.1 Å². The van der Waals surface area contributed by atoms with Crippen molar-refractivity contribution in [3.63, 3.8) is 0 Å². The third-order valence-corrected chi connectivity index (χ3v) is 5.70. The van der Waals surface area contributed by atoms with Crippen molar-refractivity contribution < 1.29 is 19.1 Å². The number of carbonyl (C=O) groups excluding carboxylic acids is 3. The summed E-state index contributed by atoms with van der Waals surface area (Å²) in [6, 6.07) is 10.4. The maximum absolute atomic E-state index is 13.3. The van der Waals surface area contributed by atoms with Crippen LogP contribution in [0.5, 0.6) is 5.75 Å². The summed E-state index contributed by atoms with van der Waals surface area (Å²) in [6.07, 6.45) is 0.335. The summed E-state index contributed by atoms with van der Waals surface area (Å²) in [5.74, 6) is -0.0647. The molecule has 6 heteroatoms. The number of ketones is 1. The Labute approximate surface area is 163 Å². The molecule has 6 nitrogen and oxygen atoms in total. The van der Waals surface area contributed by atoms with Gasteiger partial charge >= 0.3 is 6.03 Å². The van der Waals surface area contributed by atoms with Gasteiger partial charge in [0.2, 0.25) is 0 Å². The highest BCUT2D eigenvalue weighted by atomic mass is 16.5. The number of aryl methyl sites for hydroxylation is 3. The molecule has 0 aromatic heterocycles. The fourth-order valence-electron chi connectivity index (χ4n) is 4.01. The Balaban J connectivity index is 1.65. The first-order chi connectivity index (χ1) is 13.3. The van der Waals surface area contributed by atoms with Crippen molar-refractivity contribution in [3.05, 3.63) is 64.2 Å². The summed E-state index contributed by atoms with van der Waals surface area (Å²) in [5, 5.41) is 2.82. The number of imide groups is 1. The molecule has 3 amide bonds. The summed E-state index contributed by atoms with van der Waals surface area (Å²) in [5.41, 5.74) is 2.95. The van der Waals surface area contributed by atoms with Crippen LogP contribution in [0.3, 0.4) is 0 Å². The number of nitrogens with zero attached hydrogens (tertiary/aromatic N) is 1. The fraction of sp³-hybridized carbons (Fsp3) is 0.318. The standard InChI is InChI=1S/C22H22N2O4/c1-13-10-15(3)16(11-14(13)2)18(25)12-24-20(26)22(23-21(24)27)8-9-28-19-7-5-4-6-17(19)22/h4-7,10-11H,8-9,12H2,1-3H3,(H,23,27). The monoisotopic (exact) mass is 378 g/mol. The minimum Gasteiger partial charge on any atom is -0.493 e. The molecule has 2 aliphatic heterocycles. The second-order valence-electron chi connectivity index (χ2n) is 7.50. The zero-order chi connectivity index (χ0) is 20.1. The quantitative estimate of drug-likeness (QED) is 0.658. The topological polar surface area (TPSA) is 75.7 Å². The van der Waals surface area contributed by atoms with Gasteiger partial charge in [-0.05, 0) is 49.6 Å². The van der Waals surface area contributed by atoms with E-state index in [1.165, 1.54) is 0 Å². The van der Waals surface area contributed by atoms with E-state index in [1.807, 2.05) is 39.0 Å². The van der Waals surface area contributed by atoms with Gasteiger partial charge in [-0.25, -0.2) is 4.79 Å². The minimum absolute atomic E-state index is 0.249. The Morgan fingerprint density at radius 3 is 2.61 bits per heavy atom. The molecule has 2 aromatic rings. The average Bonchev–Trinajstić information content (AvgIpc) is 2.90. The van der Waals surface area contributed by atoms with Crippen molar-refractivity contribution in [1.82, 2.24) is 10.2 Å². The highest BCUT2D eigenvalue weighted by Gasteiger charge is 2.55. The smallest absolute Gasteiger partial charge is 0.325 e. The van der Waals surface area contributed by atoms with Gasteiger partial charge in [-0.15, -0.1) is 0 Å². The highest BCUT2D eigenvalue weighted by molar-refractivity contribution is 6.12. The number of rotatable bonds is 3. The SMILES string of the molecule is Cc1cc(C)c(C(=O)CN2C(=O)NC3(CCOc4ccccc43)C2=O)cc1C. The van der Waals surface area contributed by atoms with Gasteiger partial charge in [0.05, 0.1) is 13.2 Å². The number of nitrogens with one attached hydrogen (secondary N) is 1. The largest absolute Gasteiger partial charge is 0.493 e. The molecular weight excluding hydrogens is 356 g/mol. The molecule has 0 radical (unpaired) electrons. The van der Waals surface area contributed by atoms with Gasteiger partial charge in [-0.1, -0.05) is 24.3 Å². The van der Waals surface area contributed by atoms with E-state index in [0.717, 1.165) is 21.6 Å². The molecule has 1 atom stereocenters. The number of para-hydroxylation sites is 1.